The zero-order chi connectivity index (χ0) is 32.1. The van der Waals surface area contributed by atoms with E-state index in [1.54, 1.807) is 0 Å². The predicted octanol–water partition coefficient (Wildman–Crippen LogP) is 13.0. The fourth-order valence-electron chi connectivity index (χ4n) is 6.57. The summed E-state index contributed by atoms with van der Waals surface area (Å²) in [6.45, 7) is 0. The van der Waals surface area contributed by atoms with Crippen LogP contribution in [0.15, 0.2) is 194 Å². The van der Waals surface area contributed by atoms with Gasteiger partial charge in [-0.15, -0.1) is 0 Å². The molecular weight excluding hydrogens is 581 g/mol. The maximum atomic E-state index is 3.96. The molecule has 0 fully saturated rings. The van der Waals surface area contributed by atoms with Gasteiger partial charge in [0, 0.05) is 39.0 Å². The largest absolute Gasteiger partial charge is 0.354 e. The zero-order valence-corrected chi connectivity index (χ0v) is 26.5. The summed E-state index contributed by atoms with van der Waals surface area (Å²) >= 11 is 0. The van der Waals surface area contributed by atoms with Crippen LogP contribution in [0, 0.1) is 0 Å². The first-order valence-corrected chi connectivity index (χ1v) is 16.4. The van der Waals surface area contributed by atoms with Crippen LogP contribution in [0.4, 0.5) is 22.7 Å². The summed E-state index contributed by atoms with van der Waals surface area (Å²) in [6.07, 6.45) is 0. The van der Waals surface area contributed by atoms with Crippen molar-refractivity contribution >= 4 is 33.5 Å². The topological polar surface area (TPSA) is 24.1 Å². The first-order chi connectivity index (χ1) is 23.8. The molecule has 2 heteroatoms. The van der Waals surface area contributed by atoms with Crippen LogP contribution in [0.25, 0.3) is 55.3 Å². The van der Waals surface area contributed by atoms with Gasteiger partial charge < -0.3 is 10.6 Å². The van der Waals surface area contributed by atoms with Gasteiger partial charge in [-0.2, -0.15) is 0 Å². The third kappa shape index (κ3) is 5.84. The SMILES string of the molecule is c1ccc(-c2cccc(-c3ccccc3)c2Nc2cc(Nc3c(-c4ccccc4)cccc3-c3ccccc3)c3ccccc3c2)cc1. The molecule has 0 aliphatic carbocycles. The second-order valence-corrected chi connectivity index (χ2v) is 11.9. The molecule has 0 aliphatic rings. The highest BCUT2D eigenvalue weighted by Crippen LogP contribution is 2.43. The number of nitrogens with one attached hydrogen (secondary N) is 2. The fourth-order valence-corrected chi connectivity index (χ4v) is 6.57. The molecule has 0 spiro atoms. The van der Waals surface area contributed by atoms with Crippen LogP contribution >= 0.6 is 0 Å². The van der Waals surface area contributed by atoms with Crippen molar-refractivity contribution in [1.29, 1.82) is 0 Å². The van der Waals surface area contributed by atoms with E-state index in [1.165, 1.54) is 22.3 Å². The van der Waals surface area contributed by atoms with Crippen LogP contribution in [0.3, 0.4) is 0 Å². The molecule has 0 aromatic heterocycles. The smallest absolute Gasteiger partial charge is 0.0543 e. The second-order valence-electron chi connectivity index (χ2n) is 11.9. The third-order valence-corrected chi connectivity index (χ3v) is 8.86. The lowest BCUT2D eigenvalue weighted by atomic mass is 9.95. The summed E-state index contributed by atoms with van der Waals surface area (Å²) in [4.78, 5) is 0. The van der Waals surface area contributed by atoms with Gasteiger partial charge in [-0.1, -0.05) is 182 Å². The van der Waals surface area contributed by atoms with Crippen molar-refractivity contribution in [2.45, 2.75) is 0 Å². The average molecular weight is 615 g/mol. The molecule has 8 rings (SSSR count). The average Bonchev–Trinajstić information content (AvgIpc) is 3.16. The number of anilines is 4. The number of hydrogen-bond donors (Lipinski definition) is 2. The molecule has 0 unspecified atom stereocenters. The minimum atomic E-state index is 1.01. The quantitative estimate of drug-likeness (QED) is 0.178. The Hall–Kier alpha value is -6.38. The molecule has 8 aromatic carbocycles. The molecule has 0 bridgehead atoms. The highest BCUT2D eigenvalue weighted by Gasteiger charge is 2.16. The van der Waals surface area contributed by atoms with Gasteiger partial charge in [0.05, 0.1) is 11.4 Å². The Morgan fingerprint density at radius 1 is 0.292 bits per heavy atom. The van der Waals surface area contributed by atoms with Gasteiger partial charge in [-0.25, -0.2) is 0 Å². The van der Waals surface area contributed by atoms with E-state index >= 15 is 0 Å². The van der Waals surface area contributed by atoms with Crippen molar-refractivity contribution in [2.24, 2.45) is 0 Å². The van der Waals surface area contributed by atoms with E-state index < -0.39 is 0 Å². The molecule has 0 atom stereocenters. The lowest BCUT2D eigenvalue weighted by molar-refractivity contribution is 1.51. The summed E-state index contributed by atoms with van der Waals surface area (Å²) < 4.78 is 0. The Labute approximate surface area is 282 Å². The molecule has 0 saturated carbocycles. The third-order valence-electron chi connectivity index (χ3n) is 8.86. The second kappa shape index (κ2) is 13.2. The lowest BCUT2D eigenvalue weighted by Crippen LogP contribution is -2.00. The zero-order valence-electron chi connectivity index (χ0n) is 26.5. The van der Waals surface area contributed by atoms with E-state index in [0.717, 1.165) is 55.8 Å². The molecular formula is C46H34N2. The lowest BCUT2D eigenvalue weighted by Gasteiger charge is -2.21. The highest BCUT2D eigenvalue weighted by atomic mass is 14.9. The summed E-state index contributed by atoms with van der Waals surface area (Å²) in [5.41, 5.74) is 13.5. The van der Waals surface area contributed by atoms with Crippen LogP contribution in [-0.2, 0) is 0 Å². The van der Waals surface area contributed by atoms with Crippen molar-refractivity contribution in [3.8, 4) is 44.5 Å². The van der Waals surface area contributed by atoms with E-state index in [0.29, 0.717) is 0 Å². The summed E-state index contributed by atoms with van der Waals surface area (Å²) in [5, 5.41) is 10.2. The number of fused-ring (bicyclic) bond motifs is 1. The molecule has 8 aromatic rings. The molecule has 0 saturated heterocycles. The van der Waals surface area contributed by atoms with Crippen molar-refractivity contribution in [3.63, 3.8) is 0 Å². The van der Waals surface area contributed by atoms with Gasteiger partial charge in [0.1, 0.15) is 0 Å². The van der Waals surface area contributed by atoms with Crippen LogP contribution in [0.2, 0.25) is 0 Å². The van der Waals surface area contributed by atoms with Gasteiger partial charge in [0.15, 0.2) is 0 Å². The summed E-state index contributed by atoms with van der Waals surface area (Å²) in [7, 11) is 0. The van der Waals surface area contributed by atoms with E-state index in [9.17, 15) is 0 Å². The maximum absolute atomic E-state index is 3.96. The number of benzene rings is 8. The highest BCUT2D eigenvalue weighted by molar-refractivity contribution is 6.03. The van der Waals surface area contributed by atoms with Crippen LogP contribution in [0.5, 0.6) is 0 Å². The minimum Gasteiger partial charge on any atom is -0.354 e. The van der Waals surface area contributed by atoms with Crippen LogP contribution < -0.4 is 10.6 Å². The van der Waals surface area contributed by atoms with Crippen molar-refractivity contribution in [2.75, 3.05) is 10.6 Å². The van der Waals surface area contributed by atoms with Gasteiger partial charge in [-0.05, 0) is 39.8 Å². The molecule has 0 amide bonds. The number of hydrogen-bond acceptors (Lipinski definition) is 2. The minimum absolute atomic E-state index is 1.01. The van der Waals surface area contributed by atoms with Crippen molar-refractivity contribution < 1.29 is 0 Å². The monoisotopic (exact) mass is 614 g/mol. The van der Waals surface area contributed by atoms with E-state index in [4.69, 9.17) is 0 Å². The summed E-state index contributed by atoms with van der Waals surface area (Å²) in [5.74, 6) is 0. The molecule has 0 aliphatic heterocycles. The molecule has 48 heavy (non-hydrogen) atoms. The molecule has 228 valence electrons. The summed E-state index contributed by atoms with van der Waals surface area (Å²) in [6, 6.07) is 68.7. The number of rotatable bonds is 8. The fraction of sp³-hybridized carbons (Fsp3) is 0. The Morgan fingerprint density at radius 2 is 0.667 bits per heavy atom. The first-order valence-electron chi connectivity index (χ1n) is 16.4. The Balaban J connectivity index is 1.30. The standard InChI is InChI=1S/C46H34N2/c1-5-17-33(18-6-1)40-27-15-28-41(34-19-7-2-8-20-34)45(40)47-38-31-37-25-13-14-26-39(37)44(32-38)48-46-42(35-21-9-3-10-22-35)29-16-30-43(46)36-23-11-4-12-24-36/h1-32,47-48H. The molecule has 0 heterocycles. The first kappa shape index (κ1) is 29.1. The van der Waals surface area contributed by atoms with Crippen LogP contribution in [0.1, 0.15) is 0 Å². The van der Waals surface area contributed by atoms with Crippen LogP contribution in [-0.4, -0.2) is 0 Å². The van der Waals surface area contributed by atoms with E-state index in [-0.39, 0.29) is 0 Å². The van der Waals surface area contributed by atoms with Crippen molar-refractivity contribution in [1.82, 2.24) is 0 Å². The Morgan fingerprint density at radius 3 is 1.10 bits per heavy atom. The van der Waals surface area contributed by atoms with E-state index in [1.807, 2.05) is 0 Å². The maximum Gasteiger partial charge on any atom is 0.0543 e. The molecule has 2 N–H and O–H groups in total. The number of para-hydroxylation sites is 2. The molecule has 2 nitrogen and oxygen atoms in total. The van der Waals surface area contributed by atoms with E-state index in [2.05, 4.69) is 205 Å². The Bertz CT molecular complexity index is 2200. The Kier molecular flexibility index (Phi) is 7.96. The van der Waals surface area contributed by atoms with Gasteiger partial charge in [-0.3, -0.25) is 0 Å². The normalized spacial score (nSPS) is 10.9. The van der Waals surface area contributed by atoms with Gasteiger partial charge in [0.25, 0.3) is 0 Å². The predicted molar refractivity (Wildman–Crippen MR) is 205 cm³/mol. The molecule has 0 radical (unpaired) electrons. The van der Waals surface area contributed by atoms with Crippen molar-refractivity contribution in [3.05, 3.63) is 194 Å². The van der Waals surface area contributed by atoms with Gasteiger partial charge in [0.2, 0.25) is 0 Å². The van der Waals surface area contributed by atoms with Gasteiger partial charge >= 0.3 is 0 Å².